The highest BCUT2D eigenvalue weighted by Gasteiger charge is 2.56. The molecule has 98 valence electrons. The van der Waals surface area contributed by atoms with Crippen LogP contribution in [0.15, 0.2) is 0 Å². The summed E-state index contributed by atoms with van der Waals surface area (Å²) in [6.45, 7) is 10.8. The van der Waals surface area contributed by atoms with Gasteiger partial charge in [-0.1, -0.05) is 48.0 Å². The van der Waals surface area contributed by atoms with Gasteiger partial charge in [0.1, 0.15) is 0 Å². The Morgan fingerprint density at radius 2 is 1.31 bits per heavy atom. The van der Waals surface area contributed by atoms with Gasteiger partial charge >= 0.3 is 6.18 Å². The number of hydrogen-bond donors (Lipinski definition) is 0. The van der Waals surface area contributed by atoms with E-state index < -0.39 is 11.6 Å². The monoisotopic (exact) mass is 238 g/mol. The summed E-state index contributed by atoms with van der Waals surface area (Å²) in [6, 6.07) is 0. The second-order valence-corrected chi connectivity index (χ2v) is 5.68. The van der Waals surface area contributed by atoms with E-state index in [0.717, 1.165) is 0 Å². The van der Waals surface area contributed by atoms with Gasteiger partial charge in [0.15, 0.2) is 0 Å². The van der Waals surface area contributed by atoms with Gasteiger partial charge in [-0.05, 0) is 24.2 Å². The average molecular weight is 238 g/mol. The Morgan fingerprint density at radius 3 is 1.50 bits per heavy atom. The van der Waals surface area contributed by atoms with Crippen molar-refractivity contribution in [3.8, 4) is 0 Å². The Balaban J connectivity index is 5.29. The molecular weight excluding hydrogens is 213 g/mol. The lowest BCUT2D eigenvalue weighted by molar-refractivity contribution is -0.249. The standard InChI is InChI=1S/C13H25F3/c1-7-8-12(6,13(14,15)16)11(9(2)3)10(4)5/h9-11H,7-8H2,1-6H3/t12-/m0/s1. The Labute approximate surface area is 97.6 Å². The maximum Gasteiger partial charge on any atom is 0.394 e. The van der Waals surface area contributed by atoms with E-state index in [1.165, 1.54) is 6.92 Å². The second kappa shape index (κ2) is 5.42. The summed E-state index contributed by atoms with van der Waals surface area (Å²) in [7, 11) is 0. The molecule has 16 heavy (non-hydrogen) atoms. The van der Waals surface area contributed by atoms with Gasteiger partial charge in [0, 0.05) is 0 Å². The minimum Gasteiger partial charge on any atom is -0.171 e. The zero-order chi connectivity index (χ0) is 13.1. The first-order chi connectivity index (χ1) is 7.08. The van der Waals surface area contributed by atoms with Crippen molar-refractivity contribution in [2.45, 2.75) is 60.6 Å². The minimum atomic E-state index is -4.11. The van der Waals surface area contributed by atoms with Crippen molar-refractivity contribution >= 4 is 0 Å². The maximum absolute atomic E-state index is 13.3. The first-order valence-corrected chi connectivity index (χ1v) is 6.14. The molecule has 0 spiro atoms. The normalized spacial score (nSPS) is 17.2. The lowest BCUT2D eigenvalue weighted by atomic mass is 9.64. The van der Waals surface area contributed by atoms with Crippen LogP contribution >= 0.6 is 0 Å². The maximum atomic E-state index is 13.3. The predicted molar refractivity (Wildman–Crippen MR) is 62.2 cm³/mol. The first kappa shape index (κ1) is 15.8. The van der Waals surface area contributed by atoms with Crippen LogP contribution in [-0.2, 0) is 0 Å². The second-order valence-electron chi connectivity index (χ2n) is 5.68. The molecule has 0 amide bonds. The third-order valence-corrected chi connectivity index (χ3v) is 3.59. The van der Waals surface area contributed by atoms with E-state index in [4.69, 9.17) is 0 Å². The average Bonchev–Trinajstić information content (AvgIpc) is 1.99. The molecule has 0 aromatic carbocycles. The van der Waals surface area contributed by atoms with Gasteiger partial charge < -0.3 is 0 Å². The summed E-state index contributed by atoms with van der Waals surface area (Å²) >= 11 is 0. The highest BCUT2D eigenvalue weighted by atomic mass is 19.4. The van der Waals surface area contributed by atoms with E-state index in [9.17, 15) is 13.2 Å². The summed E-state index contributed by atoms with van der Waals surface area (Å²) in [6.07, 6.45) is -3.31. The van der Waals surface area contributed by atoms with Gasteiger partial charge in [0.2, 0.25) is 0 Å². The smallest absolute Gasteiger partial charge is 0.171 e. The van der Waals surface area contributed by atoms with Crippen LogP contribution in [-0.4, -0.2) is 6.18 Å². The number of alkyl halides is 3. The number of hydrogen-bond acceptors (Lipinski definition) is 0. The summed E-state index contributed by atoms with van der Waals surface area (Å²) in [5.41, 5.74) is -1.55. The van der Waals surface area contributed by atoms with Gasteiger partial charge in [-0.15, -0.1) is 0 Å². The molecule has 0 unspecified atom stereocenters. The molecule has 0 saturated heterocycles. The molecule has 1 atom stereocenters. The predicted octanol–water partition coefficient (Wildman–Crippen LogP) is 5.28. The molecule has 0 aliphatic rings. The molecule has 0 aliphatic carbocycles. The van der Waals surface area contributed by atoms with Crippen LogP contribution < -0.4 is 0 Å². The lowest BCUT2D eigenvalue weighted by Gasteiger charge is -2.43. The molecule has 0 rings (SSSR count). The van der Waals surface area contributed by atoms with Crippen LogP contribution in [0.3, 0.4) is 0 Å². The molecular formula is C13H25F3. The molecule has 0 fully saturated rings. The summed E-state index contributed by atoms with van der Waals surface area (Å²) in [5.74, 6) is -0.205. The van der Waals surface area contributed by atoms with E-state index in [-0.39, 0.29) is 24.2 Å². The molecule has 0 aromatic heterocycles. The van der Waals surface area contributed by atoms with Crippen molar-refractivity contribution in [1.82, 2.24) is 0 Å². The van der Waals surface area contributed by atoms with Crippen LogP contribution in [0.5, 0.6) is 0 Å². The molecule has 0 saturated carbocycles. The van der Waals surface area contributed by atoms with Crippen LogP contribution in [0.25, 0.3) is 0 Å². The van der Waals surface area contributed by atoms with Gasteiger partial charge in [-0.25, -0.2) is 0 Å². The summed E-state index contributed by atoms with van der Waals surface area (Å²) in [5, 5.41) is 0. The zero-order valence-corrected chi connectivity index (χ0v) is 11.3. The van der Waals surface area contributed by atoms with Crippen molar-refractivity contribution in [1.29, 1.82) is 0 Å². The number of halogens is 3. The summed E-state index contributed by atoms with van der Waals surface area (Å²) < 4.78 is 39.8. The topological polar surface area (TPSA) is 0 Å². The van der Waals surface area contributed by atoms with Crippen LogP contribution in [0.4, 0.5) is 13.2 Å². The van der Waals surface area contributed by atoms with E-state index >= 15 is 0 Å². The third-order valence-electron chi connectivity index (χ3n) is 3.59. The van der Waals surface area contributed by atoms with Gasteiger partial charge in [-0.3, -0.25) is 0 Å². The largest absolute Gasteiger partial charge is 0.394 e. The van der Waals surface area contributed by atoms with E-state index in [1.54, 1.807) is 0 Å². The van der Waals surface area contributed by atoms with E-state index in [0.29, 0.717) is 6.42 Å². The highest BCUT2D eigenvalue weighted by Crippen LogP contribution is 2.52. The van der Waals surface area contributed by atoms with Crippen molar-refractivity contribution < 1.29 is 13.2 Å². The van der Waals surface area contributed by atoms with Crippen molar-refractivity contribution in [2.75, 3.05) is 0 Å². The van der Waals surface area contributed by atoms with Crippen LogP contribution in [0.1, 0.15) is 54.4 Å². The van der Waals surface area contributed by atoms with E-state index in [1.807, 2.05) is 34.6 Å². The molecule has 0 N–H and O–H groups in total. The summed E-state index contributed by atoms with van der Waals surface area (Å²) in [4.78, 5) is 0. The Kier molecular flexibility index (Phi) is 5.34. The van der Waals surface area contributed by atoms with Crippen molar-refractivity contribution in [3.63, 3.8) is 0 Å². The zero-order valence-electron chi connectivity index (χ0n) is 11.3. The van der Waals surface area contributed by atoms with Gasteiger partial charge in [-0.2, -0.15) is 13.2 Å². The van der Waals surface area contributed by atoms with Crippen LogP contribution in [0, 0.1) is 23.2 Å². The molecule has 0 bridgehead atoms. The molecule has 0 nitrogen and oxygen atoms in total. The molecule has 0 aliphatic heterocycles. The Morgan fingerprint density at radius 1 is 0.938 bits per heavy atom. The van der Waals surface area contributed by atoms with Crippen LogP contribution in [0.2, 0.25) is 0 Å². The molecule has 0 aromatic rings. The lowest BCUT2D eigenvalue weighted by Crippen LogP contribution is -2.46. The van der Waals surface area contributed by atoms with Crippen molar-refractivity contribution in [3.05, 3.63) is 0 Å². The minimum absolute atomic E-state index is 0.0539. The third kappa shape index (κ3) is 3.14. The fraction of sp³-hybridized carbons (Fsp3) is 1.00. The first-order valence-electron chi connectivity index (χ1n) is 6.14. The Bertz CT molecular complexity index is 198. The quantitative estimate of drug-likeness (QED) is 0.611. The van der Waals surface area contributed by atoms with Gasteiger partial charge in [0.25, 0.3) is 0 Å². The molecule has 0 radical (unpaired) electrons. The molecule has 0 heterocycles. The van der Waals surface area contributed by atoms with E-state index in [2.05, 4.69) is 0 Å². The fourth-order valence-electron chi connectivity index (χ4n) is 3.26. The SMILES string of the molecule is CCC[C@@](C)(C(C(C)C)C(C)C)C(F)(F)F. The van der Waals surface area contributed by atoms with Gasteiger partial charge in [0.05, 0.1) is 5.41 Å². The van der Waals surface area contributed by atoms with Crippen molar-refractivity contribution in [2.24, 2.45) is 23.2 Å². The Hall–Kier alpha value is -0.210. The highest BCUT2D eigenvalue weighted by molar-refractivity contribution is 4.91. The fourth-order valence-corrected chi connectivity index (χ4v) is 3.26. The molecule has 3 heteroatoms. The number of rotatable bonds is 5.